The molecule has 2 aromatic heterocycles. The molecule has 0 fully saturated rings. The molecular formula is C16H15N3OS. The number of amides is 1. The number of rotatable bonds is 4. The SMILES string of the molecule is CNC(=O)c1cccc(Cn2ccnc2-c2ccsc2)c1. The number of carbonyl (C=O) groups excluding carboxylic acids is 1. The fraction of sp³-hybridized carbons (Fsp3) is 0.125. The predicted molar refractivity (Wildman–Crippen MR) is 84.5 cm³/mol. The molecule has 0 radical (unpaired) electrons. The lowest BCUT2D eigenvalue weighted by Gasteiger charge is -2.08. The van der Waals surface area contributed by atoms with Crippen LogP contribution < -0.4 is 5.32 Å². The Hall–Kier alpha value is -2.40. The van der Waals surface area contributed by atoms with Gasteiger partial charge in [-0.25, -0.2) is 4.98 Å². The topological polar surface area (TPSA) is 46.9 Å². The molecule has 0 aliphatic rings. The van der Waals surface area contributed by atoms with Gasteiger partial charge in [0.2, 0.25) is 0 Å². The van der Waals surface area contributed by atoms with Crippen molar-refractivity contribution in [3.05, 3.63) is 64.6 Å². The Morgan fingerprint density at radius 3 is 3.05 bits per heavy atom. The van der Waals surface area contributed by atoms with E-state index in [2.05, 4.69) is 26.3 Å². The second-order valence-corrected chi connectivity index (χ2v) is 5.45. The predicted octanol–water partition coefficient (Wildman–Crippen LogP) is 3.02. The number of imidazole rings is 1. The zero-order valence-electron chi connectivity index (χ0n) is 11.6. The molecule has 106 valence electrons. The van der Waals surface area contributed by atoms with Crippen molar-refractivity contribution >= 4 is 17.2 Å². The zero-order valence-corrected chi connectivity index (χ0v) is 12.4. The summed E-state index contributed by atoms with van der Waals surface area (Å²) in [7, 11) is 1.64. The van der Waals surface area contributed by atoms with Crippen LogP contribution in [-0.2, 0) is 6.54 Å². The molecule has 0 atom stereocenters. The lowest BCUT2D eigenvalue weighted by molar-refractivity contribution is 0.0963. The molecule has 0 saturated heterocycles. The Labute approximate surface area is 127 Å². The van der Waals surface area contributed by atoms with E-state index < -0.39 is 0 Å². The number of aromatic nitrogens is 2. The van der Waals surface area contributed by atoms with E-state index in [0.717, 1.165) is 17.0 Å². The summed E-state index contributed by atoms with van der Waals surface area (Å²) in [5.41, 5.74) is 2.87. The highest BCUT2D eigenvalue weighted by Crippen LogP contribution is 2.21. The third kappa shape index (κ3) is 2.87. The van der Waals surface area contributed by atoms with Gasteiger partial charge in [-0.3, -0.25) is 4.79 Å². The molecule has 2 heterocycles. The molecule has 21 heavy (non-hydrogen) atoms. The van der Waals surface area contributed by atoms with Gasteiger partial charge in [0.25, 0.3) is 5.91 Å². The molecule has 5 heteroatoms. The van der Waals surface area contributed by atoms with Crippen molar-refractivity contribution in [1.82, 2.24) is 14.9 Å². The largest absolute Gasteiger partial charge is 0.355 e. The van der Waals surface area contributed by atoms with Crippen LogP contribution in [0.15, 0.2) is 53.5 Å². The summed E-state index contributed by atoms with van der Waals surface area (Å²) in [4.78, 5) is 16.1. The van der Waals surface area contributed by atoms with Gasteiger partial charge < -0.3 is 9.88 Å². The Bertz CT molecular complexity index is 746. The fourth-order valence-electron chi connectivity index (χ4n) is 2.24. The zero-order chi connectivity index (χ0) is 14.7. The first kappa shape index (κ1) is 13.6. The van der Waals surface area contributed by atoms with Crippen molar-refractivity contribution in [3.63, 3.8) is 0 Å². The molecule has 1 amide bonds. The third-order valence-corrected chi connectivity index (χ3v) is 3.95. The summed E-state index contributed by atoms with van der Waals surface area (Å²) in [6, 6.07) is 9.71. The number of benzene rings is 1. The van der Waals surface area contributed by atoms with E-state index in [0.29, 0.717) is 12.1 Å². The molecular weight excluding hydrogens is 282 g/mol. The average molecular weight is 297 g/mol. The van der Waals surface area contributed by atoms with Crippen LogP contribution in [0.3, 0.4) is 0 Å². The minimum Gasteiger partial charge on any atom is -0.355 e. The van der Waals surface area contributed by atoms with Gasteiger partial charge in [0.05, 0.1) is 0 Å². The van der Waals surface area contributed by atoms with E-state index in [1.54, 1.807) is 24.6 Å². The van der Waals surface area contributed by atoms with E-state index >= 15 is 0 Å². The summed E-state index contributed by atoms with van der Waals surface area (Å²) >= 11 is 1.66. The lowest BCUT2D eigenvalue weighted by Crippen LogP contribution is -2.17. The third-order valence-electron chi connectivity index (χ3n) is 3.26. The molecule has 0 aliphatic heterocycles. The Morgan fingerprint density at radius 1 is 1.38 bits per heavy atom. The Morgan fingerprint density at radius 2 is 2.29 bits per heavy atom. The van der Waals surface area contributed by atoms with Crippen LogP contribution in [0.5, 0.6) is 0 Å². The van der Waals surface area contributed by atoms with Crippen LogP contribution in [0.2, 0.25) is 0 Å². The van der Waals surface area contributed by atoms with E-state index in [9.17, 15) is 4.79 Å². The summed E-state index contributed by atoms with van der Waals surface area (Å²) in [5, 5.41) is 6.77. The van der Waals surface area contributed by atoms with Crippen LogP contribution in [0.4, 0.5) is 0 Å². The van der Waals surface area contributed by atoms with Gasteiger partial charge in [-0.2, -0.15) is 11.3 Å². The molecule has 0 aliphatic carbocycles. The van der Waals surface area contributed by atoms with Crippen LogP contribution in [0.1, 0.15) is 15.9 Å². The maximum atomic E-state index is 11.7. The number of carbonyl (C=O) groups is 1. The van der Waals surface area contributed by atoms with Gasteiger partial charge >= 0.3 is 0 Å². The molecule has 0 unspecified atom stereocenters. The van der Waals surface area contributed by atoms with Gasteiger partial charge in [0.15, 0.2) is 0 Å². The Kier molecular flexibility index (Phi) is 3.83. The van der Waals surface area contributed by atoms with E-state index in [1.807, 2.05) is 35.8 Å². The quantitative estimate of drug-likeness (QED) is 0.804. The van der Waals surface area contributed by atoms with E-state index in [-0.39, 0.29) is 5.91 Å². The molecule has 0 bridgehead atoms. The van der Waals surface area contributed by atoms with Crippen molar-refractivity contribution in [1.29, 1.82) is 0 Å². The van der Waals surface area contributed by atoms with Crippen molar-refractivity contribution in [2.24, 2.45) is 0 Å². The minimum atomic E-state index is -0.0689. The summed E-state index contributed by atoms with van der Waals surface area (Å²) < 4.78 is 2.09. The second kappa shape index (κ2) is 5.93. The first-order chi connectivity index (χ1) is 10.3. The highest BCUT2D eigenvalue weighted by atomic mass is 32.1. The molecule has 3 aromatic rings. The van der Waals surface area contributed by atoms with Gasteiger partial charge in [0.1, 0.15) is 5.82 Å². The average Bonchev–Trinajstić information content (AvgIpc) is 3.17. The Balaban J connectivity index is 1.88. The molecule has 3 rings (SSSR count). The molecule has 0 saturated carbocycles. The highest BCUT2D eigenvalue weighted by molar-refractivity contribution is 7.08. The highest BCUT2D eigenvalue weighted by Gasteiger charge is 2.08. The number of thiophene rings is 1. The van der Waals surface area contributed by atoms with Gasteiger partial charge in [-0.1, -0.05) is 12.1 Å². The fourth-order valence-corrected chi connectivity index (χ4v) is 2.88. The lowest BCUT2D eigenvalue weighted by atomic mass is 10.1. The molecule has 0 spiro atoms. The number of nitrogens with zero attached hydrogens (tertiary/aromatic N) is 2. The monoisotopic (exact) mass is 297 g/mol. The normalized spacial score (nSPS) is 10.5. The van der Waals surface area contributed by atoms with Gasteiger partial charge in [-0.15, -0.1) is 0 Å². The maximum absolute atomic E-state index is 11.7. The number of hydrogen-bond acceptors (Lipinski definition) is 3. The molecule has 1 N–H and O–H groups in total. The first-order valence-corrected chi connectivity index (χ1v) is 7.57. The van der Waals surface area contributed by atoms with Crippen LogP contribution in [0, 0.1) is 0 Å². The molecule has 4 nitrogen and oxygen atoms in total. The van der Waals surface area contributed by atoms with Gasteiger partial charge in [-0.05, 0) is 29.1 Å². The molecule has 1 aromatic carbocycles. The first-order valence-electron chi connectivity index (χ1n) is 6.62. The smallest absolute Gasteiger partial charge is 0.251 e. The van der Waals surface area contributed by atoms with Gasteiger partial charge in [0, 0.05) is 42.5 Å². The number of hydrogen-bond donors (Lipinski definition) is 1. The summed E-state index contributed by atoms with van der Waals surface area (Å²) in [6.07, 6.45) is 3.76. The van der Waals surface area contributed by atoms with E-state index in [4.69, 9.17) is 0 Å². The number of nitrogens with one attached hydrogen (secondary N) is 1. The van der Waals surface area contributed by atoms with Crippen LogP contribution in [-0.4, -0.2) is 22.5 Å². The van der Waals surface area contributed by atoms with E-state index in [1.165, 1.54) is 0 Å². The summed E-state index contributed by atoms with van der Waals surface area (Å²) in [5.74, 6) is 0.877. The van der Waals surface area contributed by atoms with Crippen LogP contribution in [0.25, 0.3) is 11.4 Å². The van der Waals surface area contributed by atoms with Crippen molar-refractivity contribution < 1.29 is 4.79 Å². The van der Waals surface area contributed by atoms with Crippen molar-refractivity contribution in [3.8, 4) is 11.4 Å². The van der Waals surface area contributed by atoms with Crippen LogP contribution >= 0.6 is 11.3 Å². The summed E-state index contributed by atoms with van der Waals surface area (Å²) in [6.45, 7) is 0.690. The van der Waals surface area contributed by atoms with Crippen molar-refractivity contribution in [2.45, 2.75) is 6.54 Å². The maximum Gasteiger partial charge on any atom is 0.251 e. The van der Waals surface area contributed by atoms with Crippen molar-refractivity contribution in [2.75, 3.05) is 7.05 Å². The minimum absolute atomic E-state index is 0.0689. The standard InChI is InChI=1S/C16H15N3OS/c1-17-16(20)13-4-2-3-12(9-13)10-19-7-6-18-15(19)14-5-8-21-11-14/h2-9,11H,10H2,1H3,(H,17,20). The second-order valence-electron chi connectivity index (χ2n) is 4.67.